The number of nitro benzene ring substituents is 1. The van der Waals surface area contributed by atoms with Gasteiger partial charge in [0.05, 0.1) is 17.7 Å². The maximum atomic E-state index is 10.9. The molecule has 2 rings (SSSR count). The lowest BCUT2D eigenvalue weighted by molar-refractivity contribution is -0.385. The summed E-state index contributed by atoms with van der Waals surface area (Å²) in [6, 6.07) is 4.69. The minimum absolute atomic E-state index is 0.0687. The summed E-state index contributed by atoms with van der Waals surface area (Å²) in [4.78, 5) is 10.4. The van der Waals surface area contributed by atoms with Crippen LogP contribution < -0.4 is 10.5 Å². The highest BCUT2D eigenvalue weighted by Gasteiger charge is 2.18. The summed E-state index contributed by atoms with van der Waals surface area (Å²) in [5.41, 5.74) is 8.22. The van der Waals surface area contributed by atoms with E-state index in [4.69, 9.17) is 10.5 Å². The molecule has 0 aliphatic heterocycles. The van der Waals surface area contributed by atoms with Crippen molar-refractivity contribution in [1.29, 1.82) is 0 Å². The molecule has 0 atom stereocenters. The van der Waals surface area contributed by atoms with Gasteiger partial charge in [0.1, 0.15) is 5.82 Å². The molecule has 0 saturated carbocycles. The first-order chi connectivity index (χ1) is 9.58. The third kappa shape index (κ3) is 2.42. The van der Waals surface area contributed by atoms with Crippen LogP contribution in [0.15, 0.2) is 18.2 Å². The van der Waals surface area contributed by atoms with Crippen LogP contribution in [0.4, 0.5) is 11.5 Å². The van der Waals surface area contributed by atoms with Crippen molar-refractivity contribution in [2.24, 2.45) is 0 Å². The Morgan fingerprint density at radius 3 is 2.85 bits per heavy atom. The van der Waals surface area contributed by atoms with Crippen LogP contribution in [0.2, 0.25) is 0 Å². The Kier molecular flexibility index (Phi) is 3.88. The number of aromatic nitrogens is 2. The molecule has 0 fully saturated rings. The summed E-state index contributed by atoms with van der Waals surface area (Å²) in [5, 5.41) is 17.8. The fourth-order valence-corrected chi connectivity index (χ4v) is 2.10. The molecule has 7 heteroatoms. The van der Waals surface area contributed by atoms with Crippen molar-refractivity contribution in [1.82, 2.24) is 10.2 Å². The number of ether oxygens (including phenoxy) is 1. The van der Waals surface area contributed by atoms with Crippen molar-refractivity contribution >= 4 is 11.5 Å². The third-order valence-electron chi connectivity index (χ3n) is 3.06. The van der Waals surface area contributed by atoms with Crippen LogP contribution in [0.1, 0.15) is 18.9 Å². The van der Waals surface area contributed by atoms with E-state index < -0.39 is 4.92 Å². The van der Waals surface area contributed by atoms with E-state index in [1.54, 1.807) is 12.1 Å². The van der Waals surface area contributed by atoms with Gasteiger partial charge in [-0.3, -0.25) is 15.2 Å². The number of hydrogen-bond acceptors (Lipinski definition) is 5. The van der Waals surface area contributed by atoms with Crippen LogP contribution in [0, 0.1) is 10.1 Å². The number of anilines is 1. The Balaban J connectivity index is 2.51. The standard InChI is InChI=1S/C13H16N4O3/c1-3-4-9-12(15-16-13(9)14)8-5-6-10(17(18)19)11(7-8)20-2/h5-7H,3-4H2,1-2H3,(H3,14,15,16). The molecule has 1 aromatic heterocycles. The van der Waals surface area contributed by atoms with E-state index in [-0.39, 0.29) is 11.4 Å². The summed E-state index contributed by atoms with van der Waals surface area (Å²) < 4.78 is 5.07. The first-order valence-electron chi connectivity index (χ1n) is 6.24. The van der Waals surface area contributed by atoms with E-state index in [0.717, 1.165) is 29.7 Å². The van der Waals surface area contributed by atoms with Gasteiger partial charge in [0, 0.05) is 17.2 Å². The van der Waals surface area contributed by atoms with Crippen LogP contribution in [0.25, 0.3) is 11.3 Å². The molecule has 0 spiro atoms. The monoisotopic (exact) mass is 276 g/mol. The SMILES string of the molecule is CCCc1c(N)n[nH]c1-c1ccc([N+](=O)[O-])c(OC)c1. The van der Waals surface area contributed by atoms with Crippen LogP contribution in [-0.4, -0.2) is 22.2 Å². The molecule has 20 heavy (non-hydrogen) atoms. The van der Waals surface area contributed by atoms with Crippen LogP contribution >= 0.6 is 0 Å². The number of nitrogens with zero attached hydrogens (tertiary/aromatic N) is 2. The molecule has 2 aromatic rings. The summed E-state index contributed by atoms with van der Waals surface area (Å²) >= 11 is 0. The maximum Gasteiger partial charge on any atom is 0.310 e. The smallest absolute Gasteiger partial charge is 0.310 e. The van der Waals surface area contributed by atoms with E-state index >= 15 is 0 Å². The molecule has 0 saturated heterocycles. The summed E-state index contributed by atoms with van der Waals surface area (Å²) in [7, 11) is 1.40. The summed E-state index contributed by atoms with van der Waals surface area (Å²) in [6.45, 7) is 2.05. The number of nitrogens with two attached hydrogens (primary N) is 1. The molecule has 0 radical (unpaired) electrons. The van der Waals surface area contributed by atoms with Gasteiger partial charge in [-0.2, -0.15) is 5.10 Å². The topological polar surface area (TPSA) is 107 Å². The summed E-state index contributed by atoms with van der Waals surface area (Å²) in [6.07, 6.45) is 1.72. The molecule has 0 bridgehead atoms. The number of rotatable bonds is 5. The predicted molar refractivity (Wildman–Crippen MR) is 75.6 cm³/mol. The van der Waals surface area contributed by atoms with Crippen LogP contribution in [0.3, 0.4) is 0 Å². The molecule has 3 N–H and O–H groups in total. The minimum Gasteiger partial charge on any atom is -0.490 e. The van der Waals surface area contributed by atoms with Crippen molar-refractivity contribution in [3.8, 4) is 17.0 Å². The Morgan fingerprint density at radius 2 is 2.25 bits per heavy atom. The minimum atomic E-state index is -0.475. The van der Waals surface area contributed by atoms with E-state index in [1.165, 1.54) is 13.2 Å². The first-order valence-corrected chi connectivity index (χ1v) is 6.24. The number of benzene rings is 1. The molecule has 0 aliphatic rings. The molecular weight excluding hydrogens is 260 g/mol. The van der Waals surface area contributed by atoms with Crippen LogP contribution in [-0.2, 0) is 6.42 Å². The van der Waals surface area contributed by atoms with Gasteiger partial charge >= 0.3 is 5.69 Å². The molecule has 7 nitrogen and oxygen atoms in total. The molecule has 0 aliphatic carbocycles. The van der Waals surface area contributed by atoms with Gasteiger partial charge in [-0.15, -0.1) is 0 Å². The lowest BCUT2D eigenvalue weighted by Gasteiger charge is -2.06. The Hall–Kier alpha value is -2.57. The predicted octanol–water partition coefficient (Wildman–Crippen LogP) is 2.53. The second-order valence-corrected chi connectivity index (χ2v) is 4.36. The highest BCUT2D eigenvalue weighted by Crippen LogP contribution is 2.34. The van der Waals surface area contributed by atoms with Crippen molar-refractivity contribution in [2.45, 2.75) is 19.8 Å². The number of nitro groups is 1. The average Bonchev–Trinajstić information content (AvgIpc) is 2.80. The van der Waals surface area contributed by atoms with Gasteiger partial charge in [0.2, 0.25) is 0 Å². The number of nitrogens with one attached hydrogen (secondary N) is 1. The van der Waals surface area contributed by atoms with E-state index in [0.29, 0.717) is 5.82 Å². The molecular formula is C13H16N4O3. The highest BCUT2D eigenvalue weighted by molar-refractivity contribution is 5.71. The van der Waals surface area contributed by atoms with Crippen LogP contribution in [0.5, 0.6) is 5.75 Å². The third-order valence-corrected chi connectivity index (χ3v) is 3.06. The number of hydrogen-bond donors (Lipinski definition) is 2. The maximum absolute atomic E-state index is 10.9. The first kappa shape index (κ1) is 13.9. The normalized spacial score (nSPS) is 10.5. The van der Waals surface area contributed by atoms with Gasteiger partial charge in [-0.25, -0.2) is 0 Å². The summed E-state index contributed by atoms with van der Waals surface area (Å²) in [5.74, 6) is 0.669. The van der Waals surface area contributed by atoms with E-state index in [9.17, 15) is 10.1 Å². The van der Waals surface area contributed by atoms with E-state index in [2.05, 4.69) is 10.2 Å². The molecule has 106 valence electrons. The number of nitrogen functional groups attached to an aromatic ring is 1. The molecule has 1 heterocycles. The lowest BCUT2D eigenvalue weighted by atomic mass is 10.0. The fourth-order valence-electron chi connectivity index (χ4n) is 2.10. The Morgan fingerprint density at radius 1 is 1.50 bits per heavy atom. The Labute approximate surface area is 115 Å². The van der Waals surface area contributed by atoms with Crippen molar-refractivity contribution in [3.63, 3.8) is 0 Å². The zero-order chi connectivity index (χ0) is 14.7. The van der Waals surface area contributed by atoms with Gasteiger partial charge in [-0.05, 0) is 18.6 Å². The van der Waals surface area contributed by atoms with Crippen molar-refractivity contribution in [2.75, 3.05) is 12.8 Å². The van der Waals surface area contributed by atoms with Gasteiger partial charge in [0.15, 0.2) is 5.75 Å². The largest absolute Gasteiger partial charge is 0.490 e. The highest BCUT2D eigenvalue weighted by atomic mass is 16.6. The van der Waals surface area contributed by atoms with Crippen molar-refractivity contribution in [3.05, 3.63) is 33.9 Å². The number of methoxy groups -OCH3 is 1. The number of aromatic amines is 1. The Bertz CT molecular complexity index is 637. The quantitative estimate of drug-likeness (QED) is 0.644. The molecule has 0 amide bonds. The second kappa shape index (κ2) is 5.60. The van der Waals surface area contributed by atoms with Gasteiger partial charge in [-0.1, -0.05) is 13.3 Å². The molecule has 0 unspecified atom stereocenters. The van der Waals surface area contributed by atoms with Gasteiger partial charge < -0.3 is 10.5 Å². The van der Waals surface area contributed by atoms with Gasteiger partial charge in [0.25, 0.3) is 0 Å². The molecule has 1 aromatic carbocycles. The average molecular weight is 276 g/mol. The zero-order valence-electron chi connectivity index (χ0n) is 11.3. The fraction of sp³-hybridized carbons (Fsp3) is 0.308. The zero-order valence-corrected chi connectivity index (χ0v) is 11.3. The number of H-pyrrole nitrogens is 1. The second-order valence-electron chi connectivity index (χ2n) is 4.36. The lowest BCUT2D eigenvalue weighted by Crippen LogP contribution is -1.95. The van der Waals surface area contributed by atoms with Crippen molar-refractivity contribution < 1.29 is 9.66 Å². The van der Waals surface area contributed by atoms with E-state index in [1.807, 2.05) is 6.92 Å².